The third-order valence-electron chi connectivity index (χ3n) is 1.84. The van der Waals surface area contributed by atoms with E-state index in [-0.39, 0.29) is 5.78 Å². The van der Waals surface area contributed by atoms with Crippen LogP contribution in [0.25, 0.3) is 0 Å². The van der Waals surface area contributed by atoms with Crippen molar-refractivity contribution in [2.75, 3.05) is 0 Å². The fourth-order valence-electron chi connectivity index (χ4n) is 1.12. The molecule has 0 aliphatic carbocycles. The van der Waals surface area contributed by atoms with E-state index in [4.69, 9.17) is 0 Å². The minimum Gasteiger partial charge on any atom is -0.294 e. The topological polar surface area (TPSA) is 17.1 Å². The molecule has 0 fully saturated rings. The van der Waals surface area contributed by atoms with Crippen LogP contribution >= 0.6 is 15.9 Å². The van der Waals surface area contributed by atoms with Gasteiger partial charge in [-0.1, -0.05) is 28.9 Å². The molecule has 70 valence electrons. The lowest BCUT2D eigenvalue weighted by Gasteiger charge is -2.04. The third-order valence-corrected chi connectivity index (χ3v) is 2.33. The van der Waals surface area contributed by atoms with Crippen molar-refractivity contribution in [2.24, 2.45) is 0 Å². The molecule has 0 aliphatic heterocycles. The number of halogens is 2. The lowest BCUT2D eigenvalue weighted by Crippen LogP contribution is -2.01. The van der Waals surface area contributed by atoms with Gasteiger partial charge in [0.05, 0.1) is 0 Å². The summed E-state index contributed by atoms with van der Waals surface area (Å²) in [6.07, 6.45) is 0.406. The zero-order chi connectivity index (χ0) is 9.84. The van der Waals surface area contributed by atoms with E-state index < -0.39 is 6.67 Å². The Hall–Kier alpha value is -0.700. The Labute approximate surface area is 85.1 Å². The summed E-state index contributed by atoms with van der Waals surface area (Å²) >= 11 is 3.25. The molecule has 0 aliphatic rings. The van der Waals surface area contributed by atoms with Crippen LogP contribution in [0, 0.1) is 0 Å². The van der Waals surface area contributed by atoms with Gasteiger partial charge >= 0.3 is 0 Å². The highest BCUT2D eigenvalue weighted by atomic mass is 79.9. The van der Waals surface area contributed by atoms with Crippen LogP contribution in [-0.2, 0) is 6.67 Å². The van der Waals surface area contributed by atoms with E-state index in [1.54, 1.807) is 25.1 Å². The summed E-state index contributed by atoms with van der Waals surface area (Å²) in [5, 5.41) is 0. The normalized spacial score (nSPS) is 10.1. The van der Waals surface area contributed by atoms with Crippen molar-refractivity contribution >= 4 is 21.7 Å². The standard InChI is InChI=1S/C10H10BrFO/c1-2-10(13)9-5-8(11)4-3-7(9)6-12/h3-5H,2,6H2,1H3. The molecule has 0 N–H and O–H groups in total. The number of carbonyl (C=O) groups is 1. The molecule has 0 unspecified atom stereocenters. The first kappa shape index (κ1) is 10.4. The van der Waals surface area contributed by atoms with Crippen LogP contribution in [0.3, 0.4) is 0 Å². The molecule has 1 nitrogen and oxygen atoms in total. The SMILES string of the molecule is CCC(=O)c1cc(Br)ccc1CF. The summed E-state index contributed by atoms with van der Waals surface area (Å²) in [7, 11) is 0. The fraction of sp³-hybridized carbons (Fsp3) is 0.300. The Morgan fingerprint density at radius 2 is 2.23 bits per heavy atom. The van der Waals surface area contributed by atoms with E-state index in [0.29, 0.717) is 17.5 Å². The minimum atomic E-state index is -0.589. The van der Waals surface area contributed by atoms with Crippen molar-refractivity contribution in [2.45, 2.75) is 20.0 Å². The molecule has 0 saturated carbocycles. The molecule has 0 heterocycles. The second-order valence-electron chi connectivity index (χ2n) is 2.71. The Morgan fingerprint density at radius 1 is 1.54 bits per heavy atom. The number of hydrogen-bond acceptors (Lipinski definition) is 1. The maximum atomic E-state index is 12.4. The smallest absolute Gasteiger partial charge is 0.163 e. The van der Waals surface area contributed by atoms with E-state index in [2.05, 4.69) is 15.9 Å². The van der Waals surface area contributed by atoms with Crippen LogP contribution in [0.1, 0.15) is 29.3 Å². The van der Waals surface area contributed by atoms with E-state index in [1.165, 1.54) is 0 Å². The molecule has 0 spiro atoms. The van der Waals surface area contributed by atoms with E-state index in [1.807, 2.05) is 0 Å². The lowest BCUT2D eigenvalue weighted by molar-refractivity contribution is 0.0986. The molecule has 13 heavy (non-hydrogen) atoms. The van der Waals surface area contributed by atoms with E-state index >= 15 is 0 Å². The van der Waals surface area contributed by atoms with Crippen LogP contribution in [0.15, 0.2) is 22.7 Å². The first-order valence-electron chi connectivity index (χ1n) is 4.06. The first-order chi connectivity index (χ1) is 6.19. The van der Waals surface area contributed by atoms with Gasteiger partial charge in [0.1, 0.15) is 6.67 Å². The lowest BCUT2D eigenvalue weighted by atomic mass is 10.0. The van der Waals surface area contributed by atoms with Gasteiger partial charge in [-0.15, -0.1) is 0 Å². The van der Waals surface area contributed by atoms with Gasteiger partial charge in [0.25, 0.3) is 0 Å². The van der Waals surface area contributed by atoms with Crippen molar-refractivity contribution in [3.8, 4) is 0 Å². The summed E-state index contributed by atoms with van der Waals surface area (Å²) < 4.78 is 13.3. The molecule has 0 radical (unpaired) electrons. The average Bonchev–Trinajstić information content (AvgIpc) is 2.16. The van der Waals surface area contributed by atoms with E-state index in [9.17, 15) is 9.18 Å². The van der Waals surface area contributed by atoms with Crippen LogP contribution in [0.4, 0.5) is 4.39 Å². The van der Waals surface area contributed by atoms with Gasteiger partial charge in [0, 0.05) is 16.5 Å². The summed E-state index contributed by atoms with van der Waals surface area (Å²) in [5.74, 6) is -0.0195. The molecule has 1 aromatic carbocycles. The Balaban J connectivity index is 3.15. The van der Waals surface area contributed by atoms with Gasteiger partial charge in [-0.3, -0.25) is 4.79 Å². The summed E-state index contributed by atoms with van der Waals surface area (Å²) in [5.41, 5.74) is 0.953. The molecule has 0 amide bonds. The van der Waals surface area contributed by atoms with Crippen molar-refractivity contribution in [1.29, 1.82) is 0 Å². The van der Waals surface area contributed by atoms with Gasteiger partial charge in [-0.2, -0.15) is 0 Å². The number of Topliss-reactive ketones (excluding diaryl/α,β-unsaturated/α-hetero) is 1. The van der Waals surface area contributed by atoms with Gasteiger partial charge in [-0.25, -0.2) is 4.39 Å². The second-order valence-corrected chi connectivity index (χ2v) is 3.63. The average molecular weight is 245 g/mol. The molecular formula is C10H10BrFO. The van der Waals surface area contributed by atoms with Crippen LogP contribution < -0.4 is 0 Å². The van der Waals surface area contributed by atoms with Crippen LogP contribution in [0.2, 0.25) is 0 Å². The summed E-state index contributed by atoms with van der Waals surface area (Å²) in [6, 6.07) is 5.04. The number of ketones is 1. The minimum absolute atomic E-state index is 0.0195. The number of alkyl halides is 1. The van der Waals surface area contributed by atoms with Gasteiger partial charge in [0.15, 0.2) is 5.78 Å². The van der Waals surface area contributed by atoms with Gasteiger partial charge < -0.3 is 0 Å². The number of benzene rings is 1. The third kappa shape index (κ3) is 2.37. The predicted molar refractivity (Wildman–Crippen MR) is 53.6 cm³/mol. The van der Waals surface area contributed by atoms with Crippen molar-refractivity contribution < 1.29 is 9.18 Å². The molecule has 0 atom stereocenters. The largest absolute Gasteiger partial charge is 0.294 e. The summed E-state index contributed by atoms with van der Waals surface area (Å²) in [4.78, 5) is 11.4. The number of carbonyl (C=O) groups excluding carboxylic acids is 1. The monoisotopic (exact) mass is 244 g/mol. The number of rotatable bonds is 3. The molecule has 0 aromatic heterocycles. The molecule has 1 aromatic rings. The zero-order valence-electron chi connectivity index (χ0n) is 7.31. The predicted octanol–water partition coefficient (Wildman–Crippen LogP) is 3.51. The highest BCUT2D eigenvalue weighted by Gasteiger charge is 2.09. The molecule has 3 heteroatoms. The highest BCUT2D eigenvalue weighted by molar-refractivity contribution is 9.10. The second kappa shape index (κ2) is 4.51. The van der Waals surface area contributed by atoms with E-state index in [0.717, 1.165) is 4.47 Å². The fourth-order valence-corrected chi connectivity index (χ4v) is 1.48. The Bertz CT molecular complexity index is 323. The molecule has 0 saturated heterocycles. The van der Waals surface area contributed by atoms with Gasteiger partial charge in [0.2, 0.25) is 0 Å². The molecule has 0 bridgehead atoms. The first-order valence-corrected chi connectivity index (χ1v) is 4.86. The Morgan fingerprint density at radius 3 is 2.77 bits per heavy atom. The maximum absolute atomic E-state index is 12.4. The summed E-state index contributed by atoms with van der Waals surface area (Å²) in [6.45, 7) is 1.18. The zero-order valence-corrected chi connectivity index (χ0v) is 8.90. The van der Waals surface area contributed by atoms with Gasteiger partial charge in [-0.05, 0) is 17.7 Å². The molecular weight excluding hydrogens is 235 g/mol. The van der Waals surface area contributed by atoms with Crippen molar-refractivity contribution in [3.05, 3.63) is 33.8 Å². The van der Waals surface area contributed by atoms with Crippen molar-refractivity contribution in [1.82, 2.24) is 0 Å². The molecule has 1 rings (SSSR count). The maximum Gasteiger partial charge on any atom is 0.163 e. The van der Waals surface area contributed by atoms with Crippen molar-refractivity contribution in [3.63, 3.8) is 0 Å². The quantitative estimate of drug-likeness (QED) is 0.744. The number of hydrogen-bond donors (Lipinski definition) is 0. The highest BCUT2D eigenvalue weighted by Crippen LogP contribution is 2.18. The Kier molecular flexibility index (Phi) is 3.60. The van der Waals surface area contributed by atoms with Crippen LogP contribution in [-0.4, -0.2) is 5.78 Å². The van der Waals surface area contributed by atoms with Crippen LogP contribution in [0.5, 0.6) is 0 Å².